The molecular weight excluding hydrogens is 212 g/mol. The molecule has 76 valence electrons. The minimum atomic E-state index is -0.262. The molecule has 0 spiro atoms. The average Bonchev–Trinajstić information content (AvgIpc) is 2.74. The number of ketones is 1. The third-order valence-electron chi connectivity index (χ3n) is 1.87. The van der Waals surface area contributed by atoms with Gasteiger partial charge in [0.05, 0.1) is 17.0 Å². The molecule has 4 nitrogen and oxygen atoms in total. The maximum Gasteiger partial charge on any atom is 0.264 e. The number of nitrogens with zero attached hydrogens (tertiary/aromatic N) is 1. The monoisotopic (exact) mass is 220 g/mol. The summed E-state index contributed by atoms with van der Waals surface area (Å²) in [6.07, 6.45) is 0.220. The van der Waals surface area contributed by atoms with Crippen LogP contribution in [0.2, 0.25) is 0 Å². The number of aromatic nitrogens is 2. The van der Waals surface area contributed by atoms with Crippen molar-refractivity contribution in [2.24, 2.45) is 0 Å². The van der Waals surface area contributed by atoms with Crippen molar-refractivity contribution in [1.29, 1.82) is 0 Å². The molecule has 0 fully saturated rings. The van der Waals surface area contributed by atoms with Gasteiger partial charge in [0.15, 0.2) is 5.78 Å². The molecule has 2 rings (SSSR count). The van der Waals surface area contributed by atoms with Crippen LogP contribution in [0.1, 0.15) is 15.4 Å². The smallest absolute Gasteiger partial charge is 0.264 e. The van der Waals surface area contributed by atoms with Crippen LogP contribution in [0, 0.1) is 0 Å². The molecule has 5 heteroatoms. The van der Waals surface area contributed by atoms with Crippen LogP contribution in [0.15, 0.2) is 34.4 Å². The average molecular weight is 220 g/mol. The lowest BCUT2D eigenvalue weighted by molar-refractivity contribution is 0.0995. The Morgan fingerprint density at radius 3 is 2.87 bits per heavy atom. The van der Waals surface area contributed by atoms with Gasteiger partial charge < -0.3 is 0 Å². The van der Waals surface area contributed by atoms with E-state index in [1.54, 1.807) is 12.1 Å². The van der Waals surface area contributed by atoms with Crippen molar-refractivity contribution in [1.82, 2.24) is 10.2 Å². The van der Waals surface area contributed by atoms with Crippen LogP contribution in [0.25, 0.3) is 0 Å². The summed E-state index contributed by atoms with van der Waals surface area (Å²) in [7, 11) is 0. The van der Waals surface area contributed by atoms with E-state index in [4.69, 9.17) is 0 Å². The molecular formula is C10H8N2O2S. The minimum Gasteiger partial charge on any atom is -0.293 e. The van der Waals surface area contributed by atoms with E-state index >= 15 is 0 Å². The summed E-state index contributed by atoms with van der Waals surface area (Å²) in [4.78, 5) is 23.1. The molecule has 0 aromatic carbocycles. The van der Waals surface area contributed by atoms with Gasteiger partial charge in [-0.25, -0.2) is 5.10 Å². The molecule has 2 aromatic rings. The molecule has 2 aromatic heterocycles. The molecule has 0 radical (unpaired) electrons. The van der Waals surface area contributed by atoms with Crippen molar-refractivity contribution in [3.8, 4) is 0 Å². The van der Waals surface area contributed by atoms with E-state index in [0.717, 1.165) is 0 Å². The van der Waals surface area contributed by atoms with Gasteiger partial charge in [-0.2, -0.15) is 5.10 Å². The Bertz CT molecular complexity index is 496. The van der Waals surface area contributed by atoms with Gasteiger partial charge in [-0.15, -0.1) is 11.3 Å². The molecule has 0 aliphatic heterocycles. The second kappa shape index (κ2) is 4.18. The highest BCUT2D eigenvalue weighted by Gasteiger charge is 2.08. The fourth-order valence-corrected chi connectivity index (χ4v) is 1.83. The topological polar surface area (TPSA) is 62.8 Å². The SMILES string of the molecule is O=C(Cc1ccc(=O)[nH]n1)c1cccs1. The van der Waals surface area contributed by atoms with Gasteiger partial charge in [0, 0.05) is 6.07 Å². The van der Waals surface area contributed by atoms with Gasteiger partial charge in [0.2, 0.25) is 0 Å². The summed E-state index contributed by atoms with van der Waals surface area (Å²) in [6.45, 7) is 0. The van der Waals surface area contributed by atoms with Crippen LogP contribution in [0.5, 0.6) is 0 Å². The number of carbonyl (C=O) groups is 1. The Hall–Kier alpha value is -1.75. The van der Waals surface area contributed by atoms with E-state index in [9.17, 15) is 9.59 Å². The minimum absolute atomic E-state index is 0.0181. The van der Waals surface area contributed by atoms with Gasteiger partial charge in [0.25, 0.3) is 5.56 Å². The Balaban J connectivity index is 2.13. The van der Waals surface area contributed by atoms with Crippen molar-refractivity contribution in [2.75, 3.05) is 0 Å². The Labute approximate surface area is 89.6 Å². The van der Waals surface area contributed by atoms with Gasteiger partial charge in [-0.1, -0.05) is 6.07 Å². The number of carbonyl (C=O) groups excluding carboxylic acids is 1. The highest BCUT2D eigenvalue weighted by atomic mass is 32.1. The zero-order valence-corrected chi connectivity index (χ0v) is 8.58. The maximum absolute atomic E-state index is 11.6. The third-order valence-corrected chi connectivity index (χ3v) is 2.79. The predicted octanol–water partition coefficient (Wildman–Crippen LogP) is 1.26. The Kier molecular flexibility index (Phi) is 2.73. The van der Waals surface area contributed by atoms with Crippen LogP contribution in [-0.4, -0.2) is 16.0 Å². The normalized spacial score (nSPS) is 10.1. The summed E-state index contributed by atoms with van der Waals surface area (Å²) in [5.41, 5.74) is 0.315. The molecule has 0 saturated carbocycles. The van der Waals surface area contributed by atoms with Gasteiger partial charge >= 0.3 is 0 Å². The van der Waals surface area contributed by atoms with Crippen molar-refractivity contribution < 1.29 is 4.79 Å². The molecule has 0 bridgehead atoms. The van der Waals surface area contributed by atoms with Crippen LogP contribution in [0.3, 0.4) is 0 Å². The van der Waals surface area contributed by atoms with E-state index in [-0.39, 0.29) is 17.8 Å². The maximum atomic E-state index is 11.6. The Morgan fingerprint density at radius 2 is 2.27 bits per heavy atom. The van der Waals surface area contributed by atoms with Gasteiger partial charge in [0.1, 0.15) is 0 Å². The number of rotatable bonds is 3. The molecule has 2 heterocycles. The van der Waals surface area contributed by atoms with E-state index in [0.29, 0.717) is 10.6 Å². The second-order valence-corrected chi connectivity index (χ2v) is 3.94. The number of Topliss-reactive ketones (excluding diaryl/α,β-unsaturated/α-hetero) is 1. The first-order chi connectivity index (χ1) is 7.25. The first kappa shape index (κ1) is 9.79. The third kappa shape index (κ3) is 2.38. The molecule has 0 unspecified atom stereocenters. The van der Waals surface area contributed by atoms with Gasteiger partial charge in [-0.05, 0) is 17.5 Å². The summed E-state index contributed by atoms with van der Waals surface area (Å²) in [5.74, 6) is 0.0181. The van der Waals surface area contributed by atoms with Crippen molar-refractivity contribution >= 4 is 17.1 Å². The van der Waals surface area contributed by atoms with Crippen LogP contribution >= 0.6 is 11.3 Å². The second-order valence-electron chi connectivity index (χ2n) is 2.99. The molecule has 1 N–H and O–H groups in total. The number of hydrogen-bond acceptors (Lipinski definition) is 4. The summed E-state index contributed by atoms with van der Waals surface area (Å²) < 4.78 is 0. The standard InChI is InChI=1S/C10H8N2O2S/c13-8(9-2-1-5-15-9)6-7-3-4-10(14)12-11-7/h1-5H,6H2,(H,12,14). The molecule has 15 heavy (non-hydrogen) atoms. The van der Waals surface area contributed by atoms with Crippen LogP contribution < -0.4 is 5.56 Å². The zero-order chi connectivity index (χ0) is 10.7. The lowest BCUT2D eigenvalue weighted by atomic mass is 10.2. The fourth-order valence-electron chi connectivity index (χ4n) is 1.16. The highest BCUT2D eigenvalue weighted by Crippen LogP contribution is 2.11. The predicted molar refractivity (Wildman–Crippen MR) is 57.2 cm³/mol. The van der Waals surface area contributed by atoms with Gasteiger partial charge in [-0.3, -0.25) is 9.59 Å². The largest absolute Gasteiger partial charge is 0.293 e. The summed E-state index contributed by atoms with van der Waals surface area (Å²) >= 11 is 1.40. The number of H-pyrrole nitrogens is 1. The quantitative estimate of drug-likeness (QED) is 0.792. The fraction of sp³-hybridized carbons (Fsp3) is 0.100. The number of thiophene rings is 1. The first-order valence-electron chi connectivity index (χ1n) is 4.37. The molecule has 0 amide bonds. The van der Waals surface area contributed by atoms with Crippen molar-refractivity contribution in [3.05, 3.63) is 50.6 Å². The van der Waals surface area contributed by atoms with E-state index in [1.165, 1.54) is 17.4 Å². The molecule has 0 saturated heterocycles. The van der Waals surface area contributed by atoms with Crippen molar-refractivity contribution in [3.63, 3.8) is 0 Å². The molecule has 0 aliphatic rings. The number of nitrogens with one attached hydrogen (secondary N) is 1. The lowest BCUT2D eigenvalue weighted by Gasteiger charge is -1.96. The van der Waals surface area contributed by atoms with E-state index in [1.807, 2.05) is 11.4 Å². The summed E-state index contributed by atoms with van der Waals surface area (Å²) in [6, 6.07) is 6.53. The van der Waals surface area contributed by atoms with E-state index < -0.39 is 0 Å². The zero-order valence-electron chi connectivity index (χ0n) is 7.77. The first-order valence-corrected chi connectivity index (χ1v) is 5.25. The molecule has 0 aliphatic carbocycles. The number of hydrogen-bond donors (Lipinski definition) is 1. The molecule has 0 atom stereocenters. The van der Waals surface area contributed by atoms with Crippen LogP contribution in [-0.2, 0) is 6.42 Å². The van der Waals surface area contributed by atoms with Crippen LogP contribution in [0.4, 0.5) is 0 Å². The number of aromatic amines is 1. The lowest BCUT2D eigenvalue weighted by Crippen LogP contribution is -2.10. The summed E-state index contributed by atoms with van der Waals surface area (Å²) in [5, 5.41) is 7.93. The Morgan fingerprint density at radius 1 is 1.40 bits per heavy atom. The van der Waals surface area contributed by atoms with Crippen molar-refractivity contribution in [2.45, 2.75) is 6.42 Å². The highest BCUT2D eigenvalue weighted by molar-refractivity contribution is 7.12. The van der Waals surface area contributed by atoms with E-state index in [2.05, 4.69) is 10.2 Å².